The first-order valence-electron chi connectivity index (χ1n) is 5.14. The molecule has 0 N–H and O–H groups in total. The maximum absolute atomic E-state index is 11.9. The minimum Gasteiger partial charge on any atom is -0.402 e. The maximum atomic E-state index is 11.9. The lowest BCUT2D eigenvalue weighted by atomic mass is 10.1. The average molecular weight is 267 g/mol. The van der Waals surface area contributed by atoms with Gasteiger partial charge in [-0.25, -0.2) is 4.57 Å². The molecule has 0 radical (unpaired) electrons. The van der Waals surface area contributed by atoms with Gasteiger partial charge in [-0.1, -0.05) is 30.3 Å². The van der Waals surface area contributed by atoms with E-state index in [1.807, 2.05) is 12.1 Å². The highest BCUT2D eigenvalue weighted by Crippen LogP contribution is 2.51. The van der Waals surface area contributed by atoms with Crippen molar-refractivity contribution in [1.29, 1.82) is 5.26 Å². The molecule has 0 fully saturated rings. The summed E-state index contributed by atoms with van der Waals surface area (Å²) in [6, 6.07) is 10.8. The van der Waals surface area contributed by atoms with Crippen molar-refractivity contribution >= 4 is 13.6 Å². The molecule has 0 aliphatic heterocycles. The molecule has 0 atom stereocenters. The van der Waals surface area contributed by atoms with E-state index in [2.05, 4.69) is 0 Å². The van der Waals surface area contributed by atoms with Crippen molar-refractivity contribution < 1.29 is 18.1 Å². The summed E-state index contributed by atoms with van der Waals surface area (Å²) in [5.74, 6) is 0.185. The van der Waals surface area contributed by atoms with Crippen LogP contribution < -0.4 is 0 Å². The second kappa shape index (κ2) is 6.36. The minimum atomic E-state index is -3.68. The van der Waals surface area contributed by atoms with Gasteiger partial charge >= 0.3 is 7.82 Å². The Balaban J connectivity index is 3.20. The fraction of sp³-hybridized carbons (Fsp3) is 0.250. The molecule has 0 saturated carbocycles. The normalized spacial score (nSPS) is 12.6. The summed E-state index contributed by atoms with van der Waals surface area (Å²) in [6.07, 6.45) is 0. The molecule has 18 heavy (non-hydrogen) atoms. The zero-order valence-electron chi connectivity index (χ0n) is 10.4. The molecule has 1 rings (SSSR count). The molecular formula is C12H14NO4P. The first-order chi connectivity index (χ1) is 8.56. The van der Waals surface area contributed by atoms with Gasteiger partial charge in [0.1, 0.15) is 0 Å². The predicted molar refractivity (Wildman–Crippen MR) is 67.4 cm³/mol. The number of allylic oxidation sites excluding steroid dienone is 1. The van der Waals surface area contributed by atoms with Crippen LogP contribution in [0.25, 0.3) is 5.76 Å². The maximum Gasteiger partial charge on any atom is 0.529 e. The van der Waals surface area contributed by atoms with Crippen molar-refractivity contribution in [2.45, 2.75) is 6.92 Å². The fourth-order valence-electron chi connectivity index (χ4n) is 1.24. The van der Waals surface area contributed by atoms with Gasteiger partial charge in [0, 0.05) is 19.8 Å². The van der Waals surface area contributed by atoms with Crippen LogP contribution in [0.4, 0.5) is 0 Å². The van der Waals surface area contributed by atoms with Crippen LogP contribution in [0.1, 0.15) is 12.5 Å². The highest BCUT2D eigenvalue weighted by atomic mass is 31.2. The van der Waals surface area contributed by atoms with Crippen LogP contribution in [0, 0.1) is 11.3 Å². The van der Waals surface area contributed by atoms with Crippen LogP contribution in [0.5, 0.6) is 0 Å². The standard InChI is InChI=1S/C12H14NO4P/c1-10(9-13)12(11-7-5-4-6-8-11)17-18(14,15-2)16-3/h4-8H,1-3H3/b12-10-. The largest absolute Gasteiger partial charge is 0.529 e. The van der Waals surface area contributed by atoms with Gasteiger partial charge in [0.25, 0.3) is 0 Å². The van der Waals surface area contributed by atoms with Crippen molar-refractivity contribution in [2.24, 2.45) is 0 Å². The van der Waals surface area contributed by atoms with E-state index in [1.165, 1.54) is 14.2 Å². The molecule has 96 valence electrons. The molecule has 0 unspecified atom stereocenters. The first kappa shape index (κ1) is 14.5. The van der Waals surface area contributed by atoms with Crippen LogP contribution >= 0.6 is 7.82 Å². The van der Waals surface area contributed by atoms with Gasteiger partial charge in [0.2, 0.25) is 0 Å². The predicted octanol–water partition coefficient (Wildman–Crippen LogP) is 3.36. The number of nitrogens with zero attached hydrogens (tertiary/aromatic N) is 1. The van der Waals surface area contributed by atoms with E-state index in [1.54, 1.807) is 31.2 Å². The quantitative estimate of drug-likeness (QED) is 0.465. The summed E-state index contributed by atoms with van der Waals surface area (Å²) in [7, 11) is -1.25. The summed E-state index contributed by atoms with van der Waals surface area (Å²) < 4.78 is 26.6. The lowest BCUT2D eigenvalue weighted by molar-refractivity contribution is 0.201. The number of phosphoric acid groups is 1. The minimum absolute atomic E-state index is 0.185. The number of phosphoric ester groups is 1. The Morgan fingerprint density at radius 2 is 1.78 bits per heavy atom. The molecule has 0 aliphatic carbocycles. The molecule has 0 aromatic heterocycles. The van der Waals surface area contributed by atoms with Gasteiger partial charge in [0.15, 0.2) is 5.76 Å². The fourth-order valence-corrected chi connectivity index (χ4v) is 2.00. The monoisotopic (exact) mass is 267 g/mol. The Morgan fingerprint density at radius 3 is 2.22 bits per heavy atom. The SMILES string of the molecule is COP(=O)(OC)O/C(=C(/C)C#N)c1ccccc1. The van der Waals surface area contributed by atoms with Crippen molar-refractivity contribution in [3.05, 3.63) is 41.5 Å². The van der Waals surface area contributed by atoms with E-state index in [-0.39, 0.29) is 11.3 Å². The highest BCUT2D eigenvalue weighted by Gasteiger charge is 2.27. The van der Waals surface area contributed by atoms with E-state index in [0.717, 1.165) is 0 Å². The summed E-state index contributed by atoms with van der Waals surface area (Å²) >= 11 is 0. The van der Waals surface area contributed by atoms with E-state index < -0.39 is 7.82 Å². The van der Waals surface area contributed by atoms with Gasteiger partial charge in [-0.2, -0.15) is 5.26 Å². The number of hydrogen-bond acceptors (Lipinski definition) is 5. The molecule has 0 bridgehead atoms. The Kier molecular flexibility index (Phi) is 5.11. The van der Waals surface area contributed by atoms with Crippen molar-refractivity contribution in [1.82, 2.24) is 0 Å². The Bertz CT molecular complexity index is 511. The second-order valence-electron chi connectivity index (χ2n) is 3.34. The van der Waals surface area contributed by atoms with E-state index in [9.17, 15) is 4.57 Å². The molecule has 1 aromatic carbocycles. The van der Waals surface area contributed by atoms with Crippen LogP contribution in [0.2, 0.25) is 0 Å². The Morgan fingerprint density at radius 1 is 1.22 bits per heavy atom. The third kappa shape index (κ3) is 3.44. The Hall–Kier alpha value is -1.60. The van der Waals surface area contributed by atoms with Gasteiger partial charge < -0.3 is 4.52 Å². The smallest absolute Gasteiger partial charge is 0.402 e. The molecular weight excluding hydrogens is 253 g/mol. The highest BCUT2D eigenvalue weighted by molar-refractivity contribution is 7.48. The lowest BCUT2D eigenvalue weighted by Crippen LogP contribution is -1.97. The van der Waals surface area contributed by atoms with Crippen LogP contribution in [0.15, 0.2) is 35.9 Å². The molecule has 0 heterocycles. The zero-order valence-corrected chi connectivity index (χ0v) is 11.3. The van der Waals surface area contributed by atoms with Crippen molar-refractivity contribution in [2.75, 3.05) is 14.2 Å². The van der Waals surface area contributed by atoms with Gasteiger partial charge in [0.05, 0.1) is 11.6 Å². The molecule has 6 heteroatoms. The number of benzene rings is 1. The van der Waals surface area contributed by atoms with Crippen molar-refractivity contribution in [3.8, 4) is 6.07 Å². The average Bonchev–Trinajstić information content (AvgIpc) is 2.44. The summed E-state index contributed by atoms with van der Waals surface area (Å²) in [6.45, 7) is 1.57. The topological polar surface area (TPSA) is 68.6 Å². The van der Waals surface area contributed by atoms with Gasteiger partial charge in [-0.15, -0.1) is 0 Å². The number of hydrogen-bond donors (Lipinski definition) is 0. The first-order valence-corrected chi connectivity index (χ1v) is 6.60. The molecule has 0 amide bonds. The summed E-state index contributed by atoms with van der Waals surface area (Å²) in [5, 5.41) is 8.95. The van der Waals surface area contributed by atoms with Crippen molar-refractivity contribution in [3.63, 3.8) is 0 Å². The summed E-state index contributed by atoms with van der Waals surface area (Å²) in [5.41, 5.74) is 0.918. The van der Waals surface area contributed by atoms with Crippen LogP contribution in [0.3, 0.4) is 0 Å². The third-order valence-electron chi connectivity index (χ3n) is 2.19. The summed E-state index contributed by atoms with van der Waals surface area (Å²) in [4.78, 5) is 0. The third-order valence-corrected chi connectivity index (χ3v) is 3.50. The molecule has 1 aromatic rings. The van der Waals surface area contributed by atoms with Crippen LogP contribution in [-0.2, 0) is 18.1 Å². The lowest BCUT2D eigenvalue weighted by Gasteiger charge is -2.17. The van der Waals surface area contributed by atoms with E-state index in [0.29, 0.717) is 5.56 Å². The van der Waals surface area contributed by atoms with Crippen LogP contribution in [-0.4, -0.2) is 14.2 Å². The Labute approximate surface area is 106 Å². The zero-order chi connectivity index (χ0) is 13.6. The molecule has 0 aliphatic rings. The second-order valence-corrected chi connectivity index (χ2v) is 5.14. The molecule has 5 nitrogen and oxygen atoms in total. The van der Waals surface area contributed by atoms with Gasteiger partial charge in [-0.05, 0) is 6.92 Å². The van der Waals surface area contributed by atoms with E-state index >= 15 is 0 Å². The molecule has 0 saturated heterocycles. The number of nitriles is 1. The molecule has 0 spiro atoms. The van der Waals surface area contributed by atoms with Gasteiger partial charge in [-0.3, -0.25) is 9.05 Å². The number of rotatable bonds is 5. The van der Waals surface area contributed by atoms with E-state index in [4.69, 9.17) is 18.8 Å².